The van der Waals surface area contributed by atoms with E-state index in [0.717, 1.165) is 11.3 Å². The van der Waals surface area contributed by atoms with E-state index in [-0.39, 0.29) is 11.7 Å². The summed E-state index contributed by atoms with van der Waals surface area (Å²) in [6.45, 7) is 0.299. The van der Waals surface area contributed by atoms with E-state index in [9.17, 15) is 9.18 Å². The fraction of sp³-hybridized carbons (Fsp3) is 0.300. The number of hydrogen-bond acceptors (Lipinski definition) is 5. The molecule has 1 amide bonds. The zero-order valence-corrected chi connectivity index (χ0v) is 15.4. The summed E-state index contributed by atoms with van der Waals surface area (Å²) in [6, 6.07) is 11.4. The van der Waals surface area contributed by atoms with E-state index in [1.54, 1.807) is 39.5 Å². The molecule has 1 aliphatic heterocycles. The van der Waals surface area contributed by atoms with Crippen LogP contribution in [0.1, 0.15) is 22.3 Å². The summed E-state index contributed by atoms with van der Waals surface area (Å²) in [5.74, 6) is 0.306. The van der Waals surface area contributed by atoms with Crippen LogP contribution in [0.4, 0.5) is 4.39 Å². The molecule has 0 aliphatic carbocycles. The number of likely N-dealkylation sites (N-methyl/N-ethyl adjacent to an activating group) is 1. The minimum atomic E-state index is -0.538. The number of methoxy groups -OCH3 is 2. The van der Waals surface area contributed by atoms with Crippen molar-refractivity contribution in [3.05, 3.63) is 59.4 Å². The first-order chi connectivity index (χ1) is 13.0. The Morgan fingerprint density at radius 1 is 1.22 bits per heavy atom. The maximum absolute atomic E-state index is 13.8. The number of ether oxygens (including phenoxy) is 2. The van der Waals surface area contributed by atoms with Crippen LogP contribution >= 0.6 is 0 Å². The lowest BCUT2D eigenvalue weighted by Gasteiger charge is -2.20. The Hall–Kier alpha value is -3.09. The highest BCUT2D eigenvalue weighted by atomic mass is 19.1. The molecule has 3 rings (SSSR count). The molecule has 0 aromatic heterocycles. The number of benzene rings is 2. The molecule has 0 saturated carbocycles. The van der Waals surface area contributed by atoms with Crippen molar-refractivity contribution in [1.29, 1.82) is 0 Å². The third-order valence-electron chi connectivity index (χ3n) is 4.38. The predicted octanol–water partition coefficient (Wildman–Crippen LogP) is 3.11. The Labute approximate surface area is 157 Å². The lowest BCUT2D eigenvalue weighted by molar-refractivity contribution is 0.0479. The van der Waals surface area contributed by atoms with Crippen LogP contribution < -0.4 is 9.47 Å². The summed E-state index contributed by atoms with van der Waals surface area (Å²) < 4.78 is 24.4. The summed E-state index contributed by atoms with van der Waals surface area (Å²) in [5, 5.41) is 4.13. The maximum atomic E-state index is 13.8. The average Bonchev–Trinajstić information content (AvgIpc) is 3.15. The minimum Gasteiger partial charge on any atom is -0.493 e. The van der Waals surface area contributed by atoms with Crippen LogP contribution in [0.2, 0.25) is 0 Å². The van der Waals surface area contributed by atoms with Crippen molar-refractivity contribution < 1.29 is 23.5 Å². The fourth-order valence-corrected chi connectivity index (χ4v) is 2.94. The van der Waals surface area contributed by atoms with Gasteiger partial charge in [-0.3, -0.25) is 4.79 Å². The molecule has 2 aromatic rings. The first-order valence-corrected chi connectivity index (χ1v) is 8.48. The van der Waals surface area contributed by atoms with Crippen molar-refractivity contribution in [2.45, 2.75) is 12.5 Å². The molecule has 0 unspecified atom stereocenters. The number of nitrogens with zero attached hydrogens (tertiary/aromatic N) is 2. The normalized spacial score (nSPS) is 15.7. The van der Waals surface area contributed by atoms with Crippen molar-refractivity contribution in [3.63, 3.8) is 0 Å². The van der Waals surface area contributed by atoms with E-state index >= 15 is 0 Å². The van der Waals surface area contributed by atoms with Crippen LogP contribution in [0.15, 0.2) is 47.6 Å². The Bertz CT molecular complexity index is 869. The third kappa shape index (κ3) is 4.02. The zero-order valence-electron chi connectivity index (χ0n) is 15.4. The van der Waals surface area contributed by atoms with Crippen molar-refractivity contribution in [3.8, 4) is 11.5 Å². The molecule has 0 saturated heterocycles. The van der Waals surface area contributed by atoms with Crippen LogP contribution in [0, 0.1) is 5.82 Å². The van der Waals surface area contributed by atoms with Crippen molar-refractivity contribution in [2.24, 2.45) is 5.16 Å². The van der Waals surface area contributed by atoms with Gasteiger partial charge in [0, 0.05) is 19.0 Å². The molecule has 142 valence electrons. The summed E-state index contributed by atoms with van der Waals surface area (Å²) in [7, 11) is 4.76. The SMILES string of the molecule is COc1ccc(C2=NO[C@@H](CN(C)C(=O)c3ccccc3F)C2)cc1OC. The molecular weight excluding hydrogens is 351 g/mol. The molecule has 1 aliphatic rings. The number of carbonyl (C=O) groups is 1. The second kappa shape index (κ2) is 8.07. The highest BCUT2D eigenvalue weighted by Gasteiger charge is 2.26. The maximum Gasteiger partial charge on any atom is 0.256 e. The Morgan fingerprint density at radius 3 is 2.67 bits per heavy atom. The van der Waals surface area contributed by atoms with Gasteiger partial charge >= 0.3 is 0 Å². The van der Waals surface area contributed by atoms with Gasteiger partial charge in [-0.2, -0.15) is 0 Å². The van der Waals surface area contributed by atoms with E-state index in [2.05, 4.69) is 5.16 Å². The smallest absolute Gasteiger partial charge is 0.256 e. The number of hydrogen-bond donors (Lipinski definition) is 0. The van der Waals surface area contributed by atoms with Gasteiger partial charge < -0.3 is 19.2 Å². The zero-order chi connectivity index (χ0) is 19.4. The Morgan fingerprint density at radius 2 is 1.96 bits per heavy atom. The van der Waals surface area contributed by atoms with E-state index in [1.165, 1.54) is 17.0 Å². The van der Waals surface area contributed by atoms with Crippen molar-refractivity contribution in [2.75, 3.05) is 27.8 Å². The van der Waals surface area contributed by atoms with E-state index in [1.807, 2.05) is 12.1 Å². The molecule has 0 bridgehead atoms. The van der Waals surface area contributed by atoms with E-state index < -0.39 is 11.7 Å². The largest absolute Gasteiger partial charge is 0.493 e. The quantitative estimate of drug-likeness (QED) is 0.782. The molecule has 7 heteroatoms. The van der Waals surface area contributed by atoms with Crippen molar-refractivity contribution >= 4 is 11.6 Å². The summed E-state index contributed by atoms with van der Waals surface area (Å²) in [5.41, 5.74) is 1.66. The third-order valence-corrected chi connectivity index (χ3v) is 4.38. The van der Waals surface area contributed by atoms with Crippen LogP contribution in [0.5, 0.6) is 11.5 Å². The molecule has 1 heterocycles. The lowest BCUT2D eigenvalue weighted by Crippen LogP contribution is -2.35. The second-order valence-corrected chi connectivity index (χ2v) is 6.20. The molecule has 1 atom stereocenters. The van der Waals surface area contributed by atoms with Crippen LogP contribution in [0.3, 0.4) is 0 Å². The number of rotatable bonds is 6. The topological polar surface area (TPSA) is 60.4 Å². The molecular formula is C20H21FN2O4. The molecule has 0 spiro atoms. The monoisotopic (exact) mass is 372 g/mol. The number of amides is 1. The first-order valence-electron chi connectivity index (χ1n) is 8.48. The highest BCUT2D eigenvalue weighted by molar-refractivity contribution is 6.02. The second-order valence-electron chi connectivity index (χ2n) is 6.20. The van der Waals surface area contributed by atoms with Gasteiger partial charge in [0.05, 0.1) is 32.0 Å². The molecule has 27 heavy (non-hydrogen) atoms. The van der Waals surface area contributed by atoms with Gasteiger partial charge in [-0.15, -0.1) is 0 Å². The minimum absolute atomic E-state index is 0.0408. The Balaban J connectivity index is 1.64. The van der Waals surface area contributed by atoms with Crippen LogP contribution in [-0.2, 0) is 4.84 Å². The Kier molecular flexibility index (Phi) is 5.59. The van der Waals surface area contributed by atoms with Gasteiger partial charge in [0.25, 0.3) is 5.91 Å². The van der Waals surface area contributed by atoms with Crippen molar-refractivity contribution in [1.82, 2.24) is 4.90 Å². The number of carbonyl (C=O) groups excluding carboxylic acids is 1. The van der Waals surface area contributed by atoms with Gasteiger partial charge in [0.1, 0.15) is 5.82 Å². The van der Waals surface area contributed by atoms with Gasteiger partial charge in [-0.1, -0.05) is 17.3 Å². The number of halogens is 1. The van der Waals surface area contributed by atoms with E-state index in [0.29, 0.717) is 24.5 Å². The predicted molar refractivity (Wildman–Crippen MR) is 98.9 cm³/mol. The highest BCUT2D eigenvalue weighted by Crippen LogP contribution is 2.29. The molecule has 0 N–H and O–H groups in total. The summed E-state index contributed by atoms with van der Waals surface area (Å²) in [6.07, 6.45) is 0.235. The van der Waals surface area contributed by atoms with E-state index in [4.69, 9.17) is 14.3 Å². The summed E-state index contributed by atoms with van der Waals surface area (Å²) in [4.78, 5) is 19.3. The number of oxime groups is 1. The van der Waals surface area contributed by atoms with Gasteiger partial charge in [-0.25, -0.2) is 4.39 Å². The average molecular weight is 372 g/mol. The lowest BCUT2D eigenvalue weighted by atomic mass is 10.0. The summed E-state index contributed by atoms with van der Waals surface area (Å²) >= 11 is 0. The van der Waals surface area contributed by atoms with Crippen LogP contribution in [-0.4, -0.2) is 50.4 Å². The first kappa shape index (κ1) is 18.7. The molecule has 0 fully saturated rings. The molecule has 2 aromatic carbocycles. The van der Waals surface area contributed by atoms with Crippen LogP contribution in [0.25, 0.3) is 0 Å². The molecule has 0 radical (unpaired) electrons. The standard InChI is InChI=1S/C20H21FN2O4/c1-23(20(24)15-6-4-5-7-16(15)21)12-14-11-17(22-27-14)13-8-9-18(25-2)19(10-13)26-3/h4-10,14H,11-12H2,1-3H3/t14-/m1/s1. The fourth-order valence-electron chi connectivity index (χ4n) is 2.94. The van der Waals surface area contributed by atoms with Gasteiger partial charge in [0.2, 0.25) is 0 Å². The molecule has 6 nitrogen and oxygen atoms in total. The van der Waals surface area contributed by atoms with Gasteiger partial charge in [0.15, 0.2) is 17.6 Å². The van der Waals surface area contributed by atoms with Gasteiger partial charge in [-0.05, 0) is 30.3 Å².